The molecule has 4 N–H and O–H groups in total. The zero-order valence-electron chi connectivity index (χ0n) is 88.7. The van der Waals surface area contributed by atoms with E-state index >= 15 is 0 Å². The maximum atomic E-state index is 11.8. The average molecular weight is 1960 g/mol. The fourth-order valence-electron chi connectivity index (χ4n) is 35.4. The molecule has 0 aromatic heterocycles. The molecule has 12 saturated carbocycles. The van der Waals surface area contributed by atoms with Crippen molar-refractivity contribution in [1.29, 1.82) is 0 Å². The van der Waals surface area contributed by atoms with Crippen molar-refractivity contribution in [2.75, 3.05) is 14.2 Å². The molecule has 134 heavy (non-hydrogen) atoms. The van der Waals surface area contributed by atoms with E-state index in [9.17, 15) is 38.8 Å². The van der Waals surface area contributed by atoms with Crippen LogP contribution in [-0.2, 0) is 70.4 Å². The van der Waals surface area contributed by atoms with Crippen LogP contribution in [0.5, 0.6) is 0 Å². The van der Waals surface area contributed by atoms with Crippen LogP contribution < -0.4 is 37.7 Å². The van der Waals surface area contributed by atoms with Gasteiger partial charge in [0.15, 0.2) is 0 Å². The third-order valence-electron chi connectivity index (χ3n) is 42.2. The van der Waals surface area contributed by atoms with Gasteiger partial charge in [0.1, 0.15) is 0 Å². The fraction of sp³-hybridized carbons (Fsp3) is 0.927. The molecule has 16 rings (SSSR count). The van der Waals surface area contributed by atoms with E-state index < -0.39 is 47.2 Å². The number of allylic oxidation sites excluding steroid dienone is 4. The summed E-state index contributed by atoms with van der Waals surface area (Å²) in [6.45, 7) is 49.6. The Morgan fingerprint density at radius 1 is 0.358 bits per heavy atom. The third kappa shape index (κ3) is 26.5. The summed E-state index contributed by atoms with van der Waals surface area (Å²) in [5.74, 6) is 20.3. The molecule has 0 saturated heterocycles. The van der Waals surface area contributed by atoms with E-state index in [-0.39, 0.29) is 83.2 Å². The van der Waals surface area contributed by atoms with Crippen molar-refractivity contribution in [2.24, 2.45) is 185 Å². The molecule has 16 aliphatic rings. The van der Waals surface area contributed by atoms with Crippen LogP contribution in [0.4, 0.5) is 0 Å². The molecule has 766 valence electrons. The van der Waals surface area contributed by atoms with E-state index in [1.54, 1.807) is 5.57 Å². The molecule has 12 fully saturated rings. The van der Waals surface area contributed by atoms with Crippen molar-refractivity contribution < 1.29 is 113 Å². The average Bonchev–Trinajstić information content (AvgIpc) is 1.42. The van der Waals surface area contributed by atoms with Gasteiger partial charge in [-0.1, -0.05) is 262 Å². The summed E-state index contributed by atoms with van der Waals surface area (Å²) in [7, 11) is -7.71. The molecule has 0 radical (unpaired) electrons. The summed E-state index contributed by atoms with van der Waals surface area (Å²) in [6, 6.07) is 0. The van der Waals surface area contributed by atoms with Crippen LogP contribution in [0.15, 0.2) is 46.6 Å². The van der Waals surface area contributed by atoms with Crippen molar-refractivity contribution in [3.05, 3.63) is 46.6 Å². The third-order valence-corrected chi connectivity index (χ3v) is 44.8. The Kier molecular flexibility index (Phi) is 43.3. The minimum absolute atomic E-state index is 0. The van der Waals surface area contributed by atoms with Gasteiger partial charge in [0.25, 0.3) is 0 Å². The first-order valence-corrected chi connectivity index (χ1v) is 59.7. The van der Waals surface area contributed by atoms with Crippen molar-refractivity contribution in [3.63, 3.8) is 0 Å². The Morgan fingerprint density at radius 2 is 0.612 bits per heavy atom. The van der Waals surface area contributed by atoms with Crippen molar-refractivity contribution in [2.45, 2.75) is 445 Å². The monoisotopic (exact) mass is 1960 g/mol. The van der Waals surface area contributed by atoms with Gasteiger partial charge >= 0.3 is 67.9 Å². The molecule has 0 aromatic carbocycles. The summed E-state index contributed by atoms with van der Waals surface area (Å²) in [4.78, 5) is 0. The number of hydrogen-bond donors (Lipinski definition) is 2. The second-order valence-electron chi connectivity index (χ2n) is 50.7. The van der Waals surface area contributed by atoms with E-state index in [0.717, 1.165) is 207 Å². The molecule has 0 bridgehead atoms. The van der Waals surface area contributed by atoms with Gasteiger partial charge in [-0.3, -0.25) is 12.9 Å². The second kappa shape index (κ2) is 48.7. The van der Waals surface area contributed by atoms with Gasteiger partial charge in [-0.05, 0) is 391 Å². The zero-order valence-corrected chi connectivity index (χ0v) is 92.7. The minimum atomic E-state index is -4.38. The van der Waals surface area contributed by atoms with Crippen molar-refractivity contribution in [3.8, 4) is 0 Å². The van der Waals surface area contributed by atoms with E-state index in [1.807, 2.05) is 0 Å². The molecule has 24 heteroatoms. The Hall–Kier alpha value is -0.115. The predicted molar refractivity (Wildman–Crippen MR) is 535 cm³/mol. The number of aliphatic hydroxyl groups is 1. The molecule has 0 unspecified atom stereocenters. The first-order chi connectivity index (χ1) is 60.9. The van der Waals surface area contributed by atoms with Crippen LogP contribution in [0.3, 0.4) is 0 Å². The molecule has 32 atom stereocenters. The minimum Gasteiger partial charge on any atom is -0.870 e. The van der Waals surface area contributed by atoms with Gasteiger partial charge in [0.05, 0.1) is 43.5 Å². The van der Waals surface area contributed by atoms with Gasteiger partial charge in [0, 0.05) is 16.8 Å². The van der Waals surface area contributed by atoms with Crippen LogP contribution >= 0.6 is 10.7 Å². The summed E-state index contributed by atoms with van der Waals surface area (Å²) < 4.78 is 120. The molecule has 16 aliphatic carbocycles. The van der Waals surface area contributed by atoms with Crippen LogP contribution in [0.1, 0.15) is 421 Å². The Balaban J connectivity index is 0.000000213. The maximum Gasteiger partial charge on any atom is 1.00 e. The summed E-state index contributed by atoms with van der Waals surface area (Å²) >= 11 is 0. The largest absolute Gasteiger partial charge is 1.00 e. The summed E-state index contributed by atoms with van der Waals surface area (Å²) in [6.07, 6.45) is 64.0. The van der Waals surface area contributed by atoms with Gasteiger partial charge < -0.3 is 28.7 Å². The molecule has 0 amide bonds. The molecule has 0 spiro atoms. The smallest absolute Gasteiger partial charge is 0.870 e. The Bertz CT molecular complexity index is 4320. The number of fused-ring (bicyclic) bond motifs is 20. The van der Waals surface area contributed by atoms with Gasteiger partial charge in [-0.2, -0.15) is 25.3 Å². The van der Waals surface area contributed by atoms with E-state index in [1.165, 1.54) is 229 Å². The number of rotatable bonds is 28. The SMILES string of the molecule is CC(C)CCC[C@@H](C)[C@H]1CC[C@H]2[C@@H]3CC=C4C[C@@H](O)CC[C@]4(C)[C@H]3CC[C@]12C.CC(C)CCC[C@@H](C)[C@H]1CC[C@H]2[C@@H]3CC=C4C[C@@H](OS(=O)(=O)O)CC[C@]4(C)[C@H]3CC[C@]12C.CC(C)CCC[C@@H](C)[C@H]1CC[C@H]2[C@@H]3CC=C4C[C@@H](O[S-](=O)=O)CC[C@]4(C)[C@H]3CC[C@]12C.COS(=O)(=O)Cl.COS(=O)(=O)O[C@H]1CC[C@@]2(C)C(=CC[C@H]3[C@@H]4CC[C@H]([C@H](C)CCCC(C)C)[C@@]4(C)CC[C@@H]32)C1.[Li+].[Li+].[OH-].[OH-]. The van der Waals surface area contributed by atoms with E-state index in [4.69, 9.17) is 17.1 Å². The van der Waals surface area contributed by atoms with Crippen molar-refractivity contribution >= 4 is 51.8 Å². The molecule has 0 aromatic rings. The van der Waals surface area contributed by atoms with Crippen LogP contribution in [0.2, 0.25) is 0 Å². The van der Waals surface area contributed by atoms with Crippen LogP contribution in [0, 0.1) is 185 Å². The topological polar surface area (TPSA) is 283 Å². The molecular weight excluding hydrogens is 1770 g/mol. The van der Waals surface area contributed by atoms with Crippen LogP contribution in [-0.4, -0.2) is 84.5 Å². The molecule has 17 nitrogen and oxygen atoms in total. The first kappa shape index (κ1) is 119. The maximum absolute atomic E-state index is 11.8. The molecule has 0 heterocycles. The van der Waals surface area contributed by atoms with Crippen molar-refractivity contribution in [1.82, 2.24) is 0 Å². The van der Waals surface area contributed by atoms with Gasteiger partial charge in [0.2, 0.25) is 0 Å². The Morgan fingerprint density at radius 3 is 0.866 bits per heavy atom. The quantitative estimate of drug-likeness (QED) is 0.0242. The summed E-state index contributed by atoms with van der Waals surface area (Å²) in [5.41, 5.74) is 9.10. The molecular formula is C110H190ClLi2O17S4-. The number of halogens is 1. The van der Waals surface area contributed by atoms with Crippen LogP contribution in [0.25, 0.3) is 0 Å². The van der Waals surface area contributed by atoms with E-state index in [0.29, 0.717) is 45.8 Å². The summed E-state index contributed by atoms with van der Waals surface area (Å²) in [5, 5.41) is 10.2. The second-order valence-corrected chi connectivity index (χ2v) is 55.9. The van der Waals surface area contributed by atoms with Gasteiger partial charge in [-0.25, -0.2) is 8.37 Å². The first-order valence-electron chi connectivity index (χ1n) is 53.8. The molecule has 0 aliphatic heterocycles. The standard InChI is InChI=1S/C28H48O4S.C27H46O4S.C27H45O3S.C27H46O.CH3ClO3S.2Li.2H2O/c1-19(2)8-7-9-20(3)24-12-13-25-23-11-10-21-18-22(32-33(29,30)31-6)14-16-27(21,4)26(23)15-17-28(24,25)5;1-18(2)7-6-8-19(3)23-11-12-24-22-10-9-20-17-21(31-32(28,29)30)13-15-26(20,4)25(22)14-16-27(23,24)5;1-18(2)7-6-8-19(3)23-11-12-24-22-10-9-20-17-21(30-31(28)29)13-15-26(20,4)25(22)14-16-27(23,24)5;1-18(2)7-6-8-19(3)23-11-12-24-22-10-9-20-17-21(28)13-15-26(20,4)25(22)14-16-27(23,24)5;1-5-6(2,3)4;;;;/h10,19-20,22-26H,7-9,11-18H2,1-6H3;9,18-19,21-25H,6-8,10-17H2,1-5H3,(H,28,29,30);9,18-19,21-25H,6-8,10-17H2,1-5H3;9,18-19,21-25,28H,6-8,10-17H2,1-5H3;1H3;;;2*1H2/q;;-1;;;2*+1;;/p-2/t20-,22+,23+,24-,25+,26+,27+,28-;3*19-,21+,22+,23-,24+,25+,26+,27-;;;;;/m1111...../s1. The normalized spacial score (nSPS) is 40.8. The van der Waals surface area contributed by atoms with Gasteiger partial charge in [-0.15, -0.1) is 0 Å². The number of hydrogen-bond acceptors (Lipinski definition) is 17. The number of aliphatic hydroxyl groups excluding tert-OH is 1. The zero-order chi connectivity index (χ0) is 95.0. The van der Waals surface area contributed by atoms with E-state index in [2.05, 4.69) is 182 Å². The predicted octanol–water partition coefficient (Wildman–Crippen LogP) is 23.3. The fourth-order valence-corrected chi connectivity index (χ4v) is 36.8. The Labute approximate surface area is 849 Å².